The van der Waals surface area contributed by atoms with Gasteiger partial charge in [-0.25, -0.2) is 15.0 Å². The maximum Gasteiger partial charge on any atom is 0.416 e. The number of carbonyl (C=O) groups is 1. The minimum Gasteiger partial charge on any atom is -0.492 e. The summed E-state index contributed by atoms with van der Waals surface area (Å²) in [5, 5.41) is 20.2. The number of carbonyl (C=O) groups excluding carboxylic acids is 1. The molecule has 3 N–H and O–H groups in total. The van der Waals surface area contributed by atoms with Crippen LogP contribution in [0.4, 0.5) is 36.3 Å². The molecule has 4 rings (SSSR count). The van der Waals surface area contributed by atoms with Gasteiger partial charge >= 0.3 is 6.18 Å². The molecule has 0 aliphatic heterocycles. The normalized spacial score (nSPS) is 11.2. The maximum atomic E-state index is 13.1. The van der Waals surface area contributed by atoms with E-state index in [9.17, 15) is 18.0 Å². The molecule has 0 saturated carbocycles. The fraction of sp³-hybridized carbons (Fsp3) is 0.190. The molecule has 0 saturated heterocycles. The summed E-state index contributed by atoms with van der Waals surface area (Å²) in [5.74, 6) is 0.240. The zero-order chi connectivity index (χ0) is 25.9. The van der Waals surface area contributed by atoms with Crippen molar-refractivity contribution in [2.45, 2.75) is 6.18 Å². The van der Waals surface area contributed by atoms with Gasteiger partial charge < -0.3 is 20.7 Å². The highest BCUT2D eigenvalue weighted by molar-refractivity contribution is 5.98. The van der Waals surface area contributed by atoms with E-state index in [2.05, 4.69) is 46.2 Å². The number of aryl methyl sites for hydroxylation is 1. The lowest BCUT2D eigenvalue weighted by atomic mass is 10.2. The molecule has 4 aromatic rings. The van der Waals surface area contributed by atoms with Crippen LogP contribution in [-0.2, 0) is 13.2 Å². The summed E-state index contributed by atoms with van der Waals surface area (Å²) < 4.78 is 46.2. The predicted molar refractivity (Wildman–Crippen MR) is 122 cm³/mol. The number of hydrogen-bond acceptors (Lipinski definition) is 10. The van der Waals surface area contributed by atoms with Crippen LogP contribution in [0.5, 0.6) is 5.75 Å². The topological polar surface area (TPSA) is 145 Å². The van der Waals surface area contributed by atoms with Crippen LogP contribution >= 0.6 is 0 Å². The number of pyridine rings is 2. The number of ether oxygens (including phenoxy) is 1. The monoisotopic (exact) mass is 500 g/mol. The summed E-state index contributed by atoms with van der Waals surface area (Å²) in [7, 11) is 4.57. The molecule has 0 bridgehead atoms. The smallest absolute Gasteiger partial charge is 0.416 e. The molecule has 186 valence electrons. The number of rotatable bonds is 7. The Morgan fingerprint density at radius 3 is 2.47 bits per heavy atom. The molecule has 12 nitrogen and oxygen atoms in total. The van der Waals surface area contributed by atoms with E-state index >= 15 is 0 Å². The molecule has 4 aromatic heterocycles. The van der Waals surface area contributed by atoms with E-state index in [0.717, 1.165) is 18.3 Å². The molecular formula is C21H19F3N10O2. The average molecular weight is 500 g/mol. The van der Waals surface area contributed by atoms with Crippen molar-refractivity contribution in [1.82, 2.24) is 40.2 Å². The number of alkyl halides is 3. The lowest BCUT2D eigenvalue weighted by Crippen LogP contribution is -2.21. The number of halogens is 3. The molecule has 0 aliphatic carbocycles. The second-order valence-corrected chi connectivity index (χ2v) is 7.23. The standard InChI is InChI=1S/C21H19F3N10O2/c1-25-20(35)16-13(9-15(31-32-16)30-14-8-11(4-6-26-14)21(22,23)24)29-19-17(36-3)12(5-7-27-19)18-28-10-34(2)33-18/h4-10H,1-3H3,(H,25,35)(H2,26,27,29,30,31). The van der Waals surface area contributed by atoms with Crippen molar-refractivity contribution in [1.29, 1.82) is 0 Å². The van der Waals surface area contributed by atoms with Gasteiger partial charge in [-0.05, 0) is 18.2 Å². The van der Waals surface area contributed by atoms with Gasteiger partial charge in [0.15, 0.2) is 28.9 Å². The molecule has 0 aromatic carbocycles. The van der Waals surface area contributed by atoms with Gasteiger partial charge in [0.25, 0.3) is 5.91 Å². The summed E-state index contributed by atoms with van der Waals surface area (Å²) in [5.41, 5.74) is -0.297. The van der Waals surface area contributed by atoms with Crippen molar-refractivity contribution in [3.8, 4) is 17.1 Å². The van der Waals surface area contributed by atoms with Crippen LogP contribution < -0.4 is 20.7 Å². The van der Waals surface area contributed by atoms with Crippen molar-refractivity contribution in [2.24, 2.45) is 7.05 Å². The fourth-order valence-corrected chi connectivity index (χ4v) is 3.15. The molecule has 1 amide bonds. The number of amides is 1. The van der Waals surface area contributed by atoms with Crippen molar-refractivity contribution in [3.63, 3.8) is 0 Å². The highest BCUT2D eigenvalue weighted by Gasteiger charge is 2.30. The molecule has 0 aliphatic rings. The molecule has 36 heavy (non-hydrogen) atoms. The lowest BCUT2D eigenvalue weighted by Gasteiger charge is -2.15. The Bertz CT molecular complexity index is 1410. The largest absolute Gasteiger partial charge is 0.492 e. The van der Waals surface area contributed by atoms with Gasteiger partial charge in [-0.1, -0.05) is 0 Å². The molecule has 0 spiro atoms. The van der Waals surface area contributed by atoms with Crippen LogP contribution in [0.15, 0.2) is 43.0 Å². The van der Waals surface area contributed by atoms with Crippen LogP contribution in [0.1, 0.15) is 16.1 Å². The quantitative estimate of drug-likeness (QED) is 0.346. The van der Waals surface area contributed by atoms with Crippen molar-refractivity contribution >= 4 is 29.0 Å². The van der Waals surface area contributed by atoms with Crippen molar-refractivity contribution < 1.29 is 22.7 Å². The lowest BCUT2D eigenvalue weighted by molar-refractivity contribution is -0.137. The second-order valence-electron chi connectivity index (χ2n) is 7.23. The summed E-state index contributed by atoms with van der Waals surface area (Å²) in [6, 6.07) is 4.72. The second kappa shape index (κ2) is 9.81. The van der Waals surface area contributed by atoms with Gasteiger partial charge in [0.1, 0.15) is 12.1 Å². The van der Waals surface area contributed by atoms with Crippen LogP contribution in [0.2, 0.25) is 0 Å². The highest BCUT2D eigenvalue weighted by atomic mass is 19.4. The van der Waals surface area contributed by atoms with E-state index < -0.39 is 17.6 Å². The Kier molecular flexibility index (Phi) is 6.62. The Morgan fingerprint density at radius 2 is 1.81 bits per heavy atom. The summed E-state index contributed by atoms with van der Waals surface area (Å²) in [4.78, 5) is 24.8. The minimum atomic E-state index is -4.55. The molecule has 15 heteroatoms. The first kappa shape index (κ1) is 24.3. The number of nitrogens with one attached hydrogen (secondary N) is 3. The molecule has 0 atom stereocenters. The van der Waals surface area contributed by atoms with Crippen LogP contribution in [0, 0.1) is 0 Å². The zero-order valence-electron chi connectivity index (χ0n) is 19.1. The molecule has 0 radical (unpaired) electrons. The van der Waals surface area contributed by atoms with Crippen LogP contribution in [-0.4, -0.2) is 55.0 Å². The van der Waals surface area contributed by atoms with E-state index in [0.29, 0.717) is 11.4 Å². The Morgan fingerprint density at radius 1 is 1.03 bits per heavy atom. The number of anilines is 4. The van der Waals surface area contributed by atoms with E-state index in [1.54, 1.807) is 13.1 Å². The summed E-state index contributed by atoms with van der Waals surface area (Å²) in [6.07, 6.45) is -0.506. The van der Waals surface area contributed by atoms with Gasteiger partial charge in [0, 0.05) is 32.6 Å². The molecular weight excluding hydrogens is 481 g/mol. The van der Waals surface area contributed by atoms with Crippen LogP contribution in [0.3, 0.4) is 0 Å². The van der Waals surface area contributed by atoms with E-state index in [1.165, 1.54) is 37.4 Å². The number of methoxy groups -OCH3 is 1. The number of aromatic nitrogens is 7. The minimum absolute atomic E-state index is 0.0264. The van der Waals surface area contributed by atoms with Gasteiger partial charge in [-0.2, -0.15) is 18.3 Å². The molecule has 0 unspecified atom stereocenters. The Balaban J connectivity index is 1.72. The summed E-state index contributed by atoms with van der Waals surface area (Å²) in [6.45, 7) is 0. The van der Waals surface area contributed by atoms with Gasteiger partial charge in [0.2, 0.25) is 0 Å². The van der Waals surface area contributed by atoms with Gasteiger partial charge in [0.05, 0.1) is 23.9 Å². The molecule has 0 fully saturated rings. The first-order valence-corrected chi connectivity index (χ1v) is 10.3. The van der Waals surface area contributed by atoms with Crippen molar-refractivity contribution in [2.75, 3.05) is 24.8 Å². The number of hydrogen-bond donors (Lipinski definition) is 3. The van der Waals surface area contributed by atoms with E-state index in [1.807, 2.05) is 0 Å². The fourth-order valence-electron chi connectivity index (χ4n) is 3.15. The van der Waals surface area contributed by atoms with Crippen LogP contribution in [0.25, 0.3) is 11.4 Å². The van der Waals surface area contributed by atoms with E-state index in [4.69, 9.17) is 4.74 Å². The Labute approximate surface area is 202 Å². The average Bonchev–Trinajstić information content (AvgIpc) is 3.29. The maximum absolute atomic E-state index is 13.1. The third kappa shape index (κ3) is 5.13. The van der Waals surface area contributed by atoms with Gasteiger partial charge in [-0.15, -0.1) is 10.2 Å². The van der Waals surface area contributed by atoms with E-state index in [-0.39, 0.29) is 34.6 Å². The summed E-state index contributed by atoms with van der Waals surface area (Å²) >= 11 is 0. The number of nitrogens with zero attached hydrogens (tertiary/aromatic N) is 7. The van der Waals surface area contributed by atoms with Crippen molar-refractivity contribution in [3.05, 3.63) is 54.2 Å². The third-order valence-electron chi connectivity index (χ3n) is 4.78. The molecule has 4 heterocycles. The SMILES string of the molecule is CNC(=O)c1nnc(Nc2cc(C(F)(F)F)ccn2)cc1Nc1nccc(-c2ncn(C)n2)c1OC. The predicted octanol–water partition coefficient (Wildman–Crippen LogP) is 2.94. The van der Waals surface area contributed by atoms with Gasteiger partial charge in [-0.3, -0.25) is 9.48 Å². The highest BCUT2D eigenvalue weighted by Crippen LogP contribution is 2.35. The Hall–Kier alpha value is -4.82. The zero-order valence-corrected chi connectivity index (χ0v) is 19.1. The third-order valence-corrected chi connectivity index (χ3v) is 4.78. The first-order chi connectivity index (χ1) is 17.2. The first-order valence-electron chi connectivity index (χ1n) is 10.3.